The third-order valence-corrected chi connectivity index (χ3v) is 4.80. The molecule has 16 heavy (non-hydrogen) atoms. The number of nitrogens with zero attached hydrogens (tertiary/aromatic N) is 2. The first-order chi connectivity index (χ1) is 7.59. The van der Waals surface area contributed by atoms with Gasteiger partial charge < -0.3 is 5.32 Å². The van der Waals surface area contributed by atoms with Crippen LogP contribution in [0.15, 0.2) is 10.8 Å². The zero-order valence-electron chi connectivity index (χ0n) is 9.37. The predicted molar refractivity (Wildman–Crippen MR) is 69.7 cm³/mol. The molecule has 1 aliphatic carbocycles. The van der Waals surface area contributed by atoms with Crippen LogP contribution in [0.1, 0.15) is 26.7 Å². The molecule has 2 rings (SSSR count). The van der Waals surface area contributed by atoms with E-state index in [1.807, 2.05) is 0 Å². The lowest BCUT2D eigenvalue weighted by atomic mass is 9.98. The highest BCUT2D eigenvalue weighted by atomic mass is 79.9. The second kappa shape index (κ2) is 4.88. The van der Waals surface area contributed by atoms with E-state index in [4.69, 9.17) is 11.6 Å². The number of hydrogen-bond acceptors (Lipinski definition) is 3. The topological polar surface area (TPSA) is 37.8 Å². The molecule has 3 unspecified atom stereocenters. The maximum Gasteiger partial charge on any atom is 0.148 e. The monoisotopic (exact) mass is 303 g/mol. The third-order valence-electron chi connectivity index (χ3n) is 3.53. The summed E-state index contributed by atoms with van der Waals surface area (Å²) in [6.07, 6.45) is 3.95. The van der Waals surface area contributed by atoms with Gasteiger partial charge in [-0.15, -0.1) is 0 Å². The molecule has 3 nitrogen and oxygen atoms in total. The van der Waals surface area contributed by atoms with Gasteiger partial charge in [0.05, 0.1) is 4.47 Å². The van der Waals surface area contributed by atoms with Gasteiger partial charge in [0.1, 0.15) is 17.3 Å². The number of rotatable bonds is 2. The van der Waals surface area contributed by atoms with E-state index < -0.39 is 0 Å². The molecule has 1 heterocycles. The van der Waals surface area contributed by atoms with Crippen molar-refractivity contribution in [2.45, 2.75) is 32.7 Å². The fraction of sp³-hybridized carbons (Fsp3) is 0.636. The lowest BCUT2D eigenvalue weighted by Crippen LogP contribution is -2.24. The highest BCUT2D eigenvalue weighted by Gasteiger charge is 2.30. The van der Waals surface area contributed by atoms with Gasteiger partial charge in [-0.2, -0.15) is 0 Å². The van der Waals surface area contributed by atoms with Crippen LogP contribution in [0.4, 0.5) is 5.82 Å². The highest BCUT2D eigenvalue weighted by molar-refractivity contribution is 9.10. The maximum absolute atomic E-state index is 5.93. The third kappa shape index (κ3) is 2.33. The van der Waals surface area contributed by atoms with E-state index >= 15 is 0 Å². The summed E-state index contributed by atoms with van der Waals surface area (Å²) in [5.74, 6) is 2.24. The molecule has 1 fully saturated rings. The van der Waals surface area contributed by atoms with E-state index in [1.54, 1.807) is 0 Å². The molecule has 0 amide bonds. The van der Waals surface area contributed by atoms with E-state index in [1.165, 1.54) is 19.2 Å². The molecular weight excluding hydrogens is 289 g/mol. The molecule has 1 N–H and O–H groups in total. The van der Waals surface area contributed by atoms with Gasteiger partial charge in [-0.1, -0.05) is 25.4 Å². The summed E-state index contributed by atoms with van der Waals surface area (Å²) in [6, 6.07) is 0.484. The minimum absolute atomic E-state index is 0.455. The molecule has 0 aliphatic heterocycles. The largest absolute Gasteiger partial charge is 0.366 e. The first-order valence-corrected chi connectivity index (χ1v) is 6.69. The highest BCUT2D eigenvalue weighted by Crippen LogP contribution is 2.35. The van der Waals surface area contributed by atoms with E-state index in [-0.39, 0.29) is 0 Å². The minimum Gasteiger partial charge on any atom is -0.366 e. The SMILES string of the molecule is CC1CCC(Nc2ncnc(Cl)c2Br)C1C. The van der Waals surface area contributed by atoms with Crippen LogP contribution in [0.25, 0.3) is 0 Å². The van der Waals surface area contributed by atoms with Gasteiger partial charge >= 0.3 is 0 Å². The van der Waals surface area contributed by atoms with Crippen LogP contribution >= 0.6 is 27.5 Å². The van der Waals surface area contributed by atoms with E-state index in [9.17, 15) is 0 Å². The Morgan fingerprint density at radius 1 is 1.38 bits per heavy atom. The van der Waals surface area contributed by atoms with Crippen molar-refractivity contribution in [3.05, 3.63) is 16.0 Å². The molecule has 3 atom stereocenters. The van der Waals surface area contributed by atoms with Crippen LogP contribution in [-0.4, -0.2) is 16.0 Å². The van der Waals surface area contributed by atoms with Gasteiger partial charge in [0, 0.05) is 6.04 Å². The average molecular weight is 305 g/mol. The molecule has 0 saturated heterocycles. The fourth-order valence-corrected chi connectivity index (χ4v) is 2.65. The van der Waals surface area contributed by atoms with Gasteiger partial charge in [0.15, 0.2) is 0 Å². The lowest BCUT2D eigenvalue weighted by Gasteiger charge is -2.20. The summed E-state index contributed by atoms with van der Waals surface area (Å²) in [6.45, 7) is 4.58. The number of nitrogens with one attached hydrogen (secondary N) is 1. The Balaban J connectivity index is 2.12. The number of aromatic nitrogens is 2. The zero-order chi connectivity index (χ0) is 11.7. The van der Waals surface area contributed by atoms with Crippen LogP contribution < -0.4 is 5.32 Å². The van der Waals surface area contributed by atoms with E-state index in [0.29, 0.717) is 17.1 Å². The Labute approximate surface area is 109 Å². The lowest BCUT2D eigenvalue weighted by molar-refractivity contribution is 0.435. The van der Waals surface area contributed by atoms with Crippen LogP contribution in [-0.2, 0) is 0 Å². The molecule has 5 heteroatoms. The van der Waals surface area contributed by atoms with Crippen LogP contribution in [0, 0.1) is 11.8 Å². The van der Waals surface area contributed by atoms with Crippen molar-refractivity contribution in [3.63, 3.8) is 0 Å². The van der Waals surface area contributed by atoms with Crippen LogP contribution in [0.2, 0.25) is 5.15 Å². The average Bonchev–Trinajstić information content (AvgIpc) is 2.57. The van der Waals surface area contributed by atoms with Gasteiger partial charge in [-0.3, -0.25) is 0 Å². The second-order valence-corrected chi connectivity index (χ2v) is 5.64. The van der Waals surface area contributed by atoms with Crippen molar-refractivity contribution in [2.24, 2.45) is 11.8 Å². The summed E-state index contributed by atoms with van der Waals surface area (Å²) in [5, 5.41) is 3.90. The fourth-order valence-electron chi connectivity index (χ4n) is 2.19. The van der Waals surface area contributed by atoms with Crippen molar-refractivity contribution in [1.82, 2.24) is 9.97 Å². The first-order valence-electron chi connectivity index (χ1n) is 5.52. The van der Waals surface area contributed by atoms with Crippen molar-refractivity contribution in [1.29, 1.82) is 0 Å². The Morgan fingerprint density at radius 2 is 2.12 bits per heavy atom. The van der Waals surface area contributed by atoms with Gasteiger partial charge in [-0.05, 0) is 40.6 Å². The van der Waals surface area contributed by atoms with Gasteiger partial charge in [0.25, 0.3) is 0 Å². The molecule has 0 bridgehead atoms. The summed E-state index contributed by atoms with van der Waals surface area (Å²) in [4.78, 5) is 8.12. The zero-order valence-corrected chi connectivity index (χ0v) is 11.7. The van der Waals surface area contributed by atoms with Crippen LogP contribution in [0.5, 0.6) is 0 Å². The number of halogens is 2. The Bertz CT molecular complexity index is 385. The van der Waals surface area contributed by atoms with Crippen molar-refractivity contribution < 1.29 is 0 Å². The molecule has 0 spiro atoms. The van der Waals surface area contributed by atoms with E-state index in [2.05, 4.69) is 45.1 Å². The smallest absolute Gasteiger partial charge is 0.148 e. The molecule has 1 saturated carbocycles. The van der Waals surface area contributed by atoms with Crippen molar-refractivity contribution in [3.8, 4) is 0 Å². The van der Waals surface area contributed by atoms with Crippen molar-refractivity contribution >= 4 is 33.3 Å². The summed E-state index contributed by atoms with van der Waals surface area (Å²) >= 11 is 9.33. The summed E-state index contributed by atoms with van der Waals surface area (Å²) in [5.41, 5.74) is 0. The Hall–Kier alpha value is -0.350. The summed E-state index contributed by atoms with van der Waals surface area (Å²) in [7, 11) is 0. The Morgan fingerprint density at radius 3 is 2.75 bits per heavy atom. The Kier molecular flexibility index (Phi) is 3.70. The first kappa shape index (κ1) is 12.1. The molecule has 1 aromatic heterocycles. The molecule has 0 radical (unpaired) electrons. The summed E-state index contributed by atoms with van der Waals surface area (Å²) < 4.78 is 0.753. The van der Waals surface area contributed by atoms with Gasteiger partial charge in [-0.25, -0.2) is 9.97 Å². The molecular formula is C11H15BrClN3. The maximum atomic E-state index is 5.93. The molecule has 1 aliphatic rings. The molecule has 0 aromatic carbocycles. The predicted octanol–water partition coefficient (Wildman–Crippen LogP) is 3.74. The molecule has 1 aromatic rings. The van der Waals surface area contributed by atoms with Crippen LogP contribution in [0.3, 0.4) is 0 Å². The van der Waals surface area contributed by atoms with Gasteiger partial charge in [0.2, 0.25) is 0 Å². The standard InChI is InChI=1S/C11H15BrClN3/c1-6-3-4-8(7(6)2)16-11-9(12)10(13)14-5-15-11/h5-8H,3-4H2,1-2H3,(H,14,15,16). The van der Waals surface area contributed by atoms with E-state index in [0.717, 1.165) is 16.2 Å². The normalized spacial score (nSPS) is 29.4. The van der Waals surface area contributed by atoms with Crippen molar-refractivity contribution in [2.75, 3.05) is 5.32 Å². The minimum atomic E-state index is 0.455. The molecule has 88 valence electrons. The number of anilines is 1. The number of hydrogen-bond donors (Lipinski definition) is 1. The second-order valence-electron chi connectivity index (χ2n) is 4.49. The quantitative estimate of drug-likeness (QED) is 0.846.